The van der Waals surface area contributed by atoms with Crippen LogP contribution in [0.1, 0.15) is 53.0 Å². The van der Waals surface area contributed by atoms with Crippen molar-refractivity contribution in [2.75, 3.05) is 26.3 Å². The Labute approximate surface area is 171 Å². The topological polar surface area (TPSA) is 81.9 Å². The quantitative estimate of drug-likeness (QED) is 0.727. The highest BCUT2D eigenvalue weighted by atomic mass is 16.5. The van der Waals surface area contributed by atoms with Gasteiger partial charge in [0.1, 0.15) is 0 Å². The van der Waals surface area contributed by atoms with Gasteiger partial charge in [-0.2, -0.15) is 0 Å². The summed E-state index contributed by atoms with van der Waals surface area (Å²) in [5.74, 6) is 0.739. The van der Waals surface area contributed by atoms with Crippen molar-refractivity contribution in [2.45, 2.75) is 32.7 Å². The number of piperidine rings is 1. The average molecular weight is 396 g/mol. The molecule has 0 saturated carbocycles. The lowest BCUT2D eigenvalue weighted by Crippen LogP contribution is -2.46. The van der Waals surface area contributed by atoms with Gasteiger partial charge in [-0.05, 0) is 51.0 Å². The first-order valence-electron chi connectivity index (χ1n) is 10.1. The molecule has 1 fully saturated rings. The van der Waals surface area contributed by atoms with E-state index in [1.54, 1.807) is 47.4 Å². The number of amides is 1. The molecule has 0 radical (unpaired) electrons. The molecule has 2 aromatic rings. The smallest absolute Gasteiger partial charge is 0.254 e. The van der Waals surface area contributed by atoms with Crippen LogP contribution in [0.15, 0.2) is 42.5 Å². The fraction of sp³-hybridized carbons (Fsp3) is 0.391. The van der Waals surface area contributed by atoms with Gasteiger partial charge >= 0.3 is 0 Å². The summed E-state index contributed by atoms with van der Waals surface area (Å²) >= 11 is 0. The molecular formula is C23H28N2O4. The van der Waals surface area contributed by atoms with Crippen LogP contribution in [0, 0.1) is 0 Å². The van der Waals surface area contributed by atoms with Crippen molar-refractivity contribution >= 4 is 11.7 Å². The van der Waals surface area contributed by atoms with E-state index in [0.717, 1.165) is 12.8 Å². The molecule has 2 N–H and O–H groups in total. The van der Waals surface area contributed by atoms with Gasteiger partial charge in [0.2, 0.25) is 0 Å². The predicted molar refractivity (Wildman–Crippen MR) is 112 cm³/mol. The number of nitrogens with zero attached hydrogens (tertiary/aromatic N) is 1. The number of ketones is 1. The molecule has 0 bridgehead atoms. The molecule has 1 amide bonds. The van der Waals surface area contributed by atoms with Gasteiger partial charge in [0, 0.05) is 30.3 Å². The van der Waals surface area contributed by atoms with Crippen molar-refractivity contribution in [3.05, 3.63) is 59.2 Å². The van der Waals surface area contributed by atoms with Crippen molar-refractivity contribution < 1.29 is 19.1 Å². The van der Waals surface area contributed by atoms with Crippen molar-refractivity contribution in [3.63, 3.8) is 0 Å². The van der Waals surface area contributed by atoms with Crippen LogP contribution in [0.2, 0.25) is 0 Å². The van der Waals surface area contributed by atoms with E-state index in [1.807, 2.05) is 13.8 Å². The van der Waals surface area contributed by atoms with Crippen molar-refractivity contribution in [1.29, 1.82) is 0 Å². The molecule has 6 nitrogen and oxygen atoms in total. The van der Waals surface area contributed by atoms with Crippen molar-refractivity contribution in [3.8, 4) is 11.5 Å². The molecule has 1 unspecified atom stereocenters. The molecule has 0 spiro atoms. The number of hydrogen-bond acceptors (Lipinski definition) is 5. The van der Waals surface area contributed by atoms with Crippen LogP contribution in [0.25, 0.3) is 0 Å². The molecule has 2 aromatic carbocycles. The molecule has 154 valence electrons. The van der Waals surface area contributed by atoms with Crippen LogP contribution in [-0.4, -0.2) is 48.9 Å². The minimum absolute atomic E-state index is 0.0181. The van der Waals surface area contributed by atoms with Gasteiger partial charge in [0.05, 0.1) is 18.8 Å². The molecule has 1 atom stereocenters. The predicted octanol–water partition coefficient (Wildman–Crippen LogP) is 3.28. The summed E-state index contributed by atoms with van der Waals surface area (Å²) in [6.07, 6.45) is 1.79. The minimum Gasteiger partial charge on any atom is -0.490 e. The lowest BCUT2D eigenvalue weighted by Gasteiger charge is -2.31. The molecule has 0 aromatic heterocycles. The molecule has 1 aliphatic rings. The Hall–Kier alpha value is -2.86. The first kappa shape index (κ1) is 20.9. The molecule has 3 rings (SSSR count). The van der Waals surface area contributed by atoms with Gasteiger partial charge in [-0.1, -0.05) is 18.2 Å². The summed E-state index contributed by atoms with van der Waals surface area (Å²) in [5.41, 5.74) is 7.26. The molecule has 1 aliphatic heterocycles. The first-order valence-corrected chi connectivity index (χ1v) is 10.1. The summed E-state index contributed by atoms with van der Waals surface area (Å²) < 4.78 is 11.2. The maximum atomic E-state index is 13.3. The van der Waals surface area contributed by atoms with Gasteiger partial charge in [-0.3, -0.25) is 9.59 Å². The normalized spacial score (nSPS) is 16.4. The van der Waals surface area contributed by atoms with Crippen LogP contribution in [0.4, 0.5) is 0 Å². The third-order valence-corrected chi connectivity index (χ3v) is 4.95. The van der Waals surface area contributed by atoms with Gasteiger partial charge in [0.15, 0.2) is 17.3 Å². The molecule has 6 heteroatoms. The molecule has 0 aliphatic carbocycles. The van der Waals surface area contributed by atoms with Gasteiger partial charge < -0.3 is 20.1 Å². The fourth-order valence-corrected chi connectivity index (χ4v) is 3.58. The average Bonchev–Trinajstić information content (AvgIpc) is 2.74. The highest BCUT2D eigenvalue weighted by Gasteiger charge is 2.26. The summed E-state index contributed by atoms with van der Waals surface area (Å²) in [5, 5.41) is 0. The lowest BCUT2D eigenvalue weighted by molar-refractivity contribution is 0.0705. The van der Waals surface area contributed by atoms with Crippen LogP contribution in [-0.2, 0) is 0 Å². The van der Waals surface area contributed by atoms with E-state index in [-0.39, 0.29) is 17.7 Å². The van der Waals surface area contributed by atoms with E-state index in [1.165, 1.54) is 0 Å². The Morgan fingerprint density at radius 3 is 2.41 bits per heavy atom. The maximum Gasteiger partial charge on any atom is 0.254 e. The second kappa shape index (κ2) is 9.56. The Morgan fingerprint density at radius 2 is 1.72 bits per heavy atom. The van der Waals surface area contributed by atoms with Crippen LogP contribution in [0.3, 0.4) is 0 Å². The number of carbonyl (C=O) groups is 2. The monoisotopic (exact) mass is 396 g/mol. The van der Waals surface area contributed by atoms with Crippen LogP contribution >= 0.6 is 0 Å². The minimum atomic E-state index is -0.223. The van der Waals surface area contributed by atoms with E-state index in [9.17, 15) is 9.59 Å². The highest BCUT2D eigenvalue weighted by Crippen LogP contribution is 2.30. The Bertz CT molecular complexity index is 881. The number of rotatable bonds is 7. The number of benzene rings is 2. The number of likely N-dealkylation sites (tertiary alicyclic amines) is 1. The Morgan fingerprint density at radius 1 is 1.03 bits per heavy atom. The third kappa shape index (κ3) is 4.77. The van der Waals surface area contributed by atoms with Crippen molar-refractivity contribution in [2.24, 2.45) is 5.73 Å². The SMILES string of the molecule is CCOc1ccc(C(=O)c2ccccc2C(=O)N2CCCC(N)C2)cc1OCC. The van der Waals surface area contributed by atoms with E-state index in [0.29, 0.717) is 54.5 Å². The van der Waals surface area contributed by atoms with E-state index >= 15 is 0 Å². The van der Waals surface area contributed by atoms with E-state index in [4.69, 9.17) is 15.2 Å². The lowest BCUT2D eigenvalue weighted by atomic mass is 9.96. The van der Waals surface area contributed by atoms with E-state index < -0.39 is 0 Å². The standard InChI is InChI=1S/C23H28N2O4/c1-3-28-20-12-11-16(14-21(20)29-4-2)22(26)18-9-5-6-10-19(18)23(27)25-13-7-8-17(24)15-25/h5-6,9-12,14,17H,3-4,7-8,13,15,24H2,1-2H3. The highest BCUT2D eigenvalue weighted by molar-refractivity contribution is 6.15. The zero-order valence-electron chi connectivity index (χ0n) is 17.0. The zero-order chi connectivity index (χ0) is 20.8. The summed E-state index contributed by atoms with van der Waals surface area (Å²) in [6, 6.07) is 12.0. The zero-order valence-corrected chi connectivity index (χ0v) is 17.0. The number of ether oxygens (including phenoxy) is 2. The third-order valence-electron chi connectivity index (χ3n) is 4.95. The second-order valence-electron chi connectivity index (χ2n) is 7.06. The molecule has 29 heavy (non-hydrogen) atoms. The van der Waals surface area contributed by atoms with Crippen molar-refractivity contribution in [1.82, 2.24) is 4.90 Å². The molecular weight excluding hydrogens is 368 g/mol. The summed E-state index contributed by atoms with van der Waals surface area (Å²) in [7, 11) is 0. The van der Waals surface area contributed by atoms with Gasteiger partial charge in [0.25, 0.3) is 5.91 Å². The second-order valence-corrected chi connectivity index (χ2v) is 7.06. The number of hydrogen-bond donors (Lipinski definition) is 1. The van der Waals surface area contributed by atoms with Crippen LogP contribution in [0.5, 0.6) is 11.5 Å². The number of nitrogens with two attached hydrogens (primary N) is 1. The maximum absolute atomic E-state index is 13.3. The summed E-state index contributed by atoms with van der Waals surface area (Å²) in [6.45, 7) is 5.90. The Balaban J connectivity index is 1.92. The van der Waals surface area contributed by atoms with Gasteiger partial charge in [-0.25, -0.2) is 0 Å². The molecule has 1 saturated heterocycles. The first-order chi connectivity index (χ1) is 14.0. The van der Waals surface area contributed by atoms with Gasteiger partial charge in [-0.15, -0.1) is 0 Å². The summed E-state index contributed by atoms with van der Waals surface area (Å²) in [4.78, 5) is 28.1. The Kier molecular flexibility index (Phi) is 6.88. The fourth-order valence-electron chi connectivity index (χ4n) is 3.58. The molecule has 1 heterocycles. The van der Waals surface area contributed by atoms with Crippen LogP contribution < -0.4 is 15.2 Å². The number of carbonyl (C=O) groups excluding carboxylic acids is 2. The largest absolute Gasteiger partial charge is 0.490 e. The van der Waals surface area contributed by atoms with E-state index in [2.05, 4.69) is 0 Å².